The minimum atomic E-state index is -0.495. The van der Waals surface area contributed by atoms with E-state index in [-0.39, 0.29) is 5.75 Å². The van der Waals surface area contributed by atoms with Gasteiger partial charge in [0.25, 0.3) is 0 Å². The number of aromatic nitrogens is 5. The number of phenols is 1. The second-order valence-electron chi connectivity index (χ2n) is 9.52. The van der Waals surface area contributed by atoms with Crippen LogP contribution in [0, 0.1) is 5.82 Å². The van der Waals surface area contributed by atoms with Gasteiger partial charge in [-0.05, 0) is 53.1 Å². The number of hydrogen-bond acceptors (Lipinski definition) is 5. The molecule has 0 radical (unpaired) electrons. The van der Waals surface area contributed by atoms with Crippen LogP contribution in [0.15, 0.2) is 104 Å². The number of pyridine rings is 2. The van der Waals surface area contributed by atoms with Crippen molar-refractivity contribution in [1.82, 2.24) is 25.1 Å². The van der Waals surface area contributed by atoms with Crippen LogP contribution >= 0.6 is 0 Å². The average molecular weight is 528 g/mol. The molecule has 0 atom stereocenters. The SMILES string of the molecule is Oc1cc(F)cc(-c2cccc3[nH]c(-c4n[nH]c5cnc(-c6cncc(OCc7ccccc7)c6)cc45)cc23)c1. The van der Waals surface area contributed by atoms with E-state index in [4.69, 9.17) is 4.74 Å². The van der Waals surface area contributed by atoms with Gasteiger partial charge in [0.05, 0.1) is 29.3 Å². The number of benzene rings is 3. The van der Waals surface area contributed by atoms with Crippen LogP contribution in [0.4, 0.5) is 4.39 Å². The molecule has 4 aromatic heterocycles. The zero-order valence-electron chi connectivity index (χ0n) is 21.1. The molecule has 0 spiro atoms. The summed E-state index contributed by atoms with van der Waals surface area (Å²) < 4.78 is 20.0. The fourth-order valence-electron chi connectivity index (χ4n) is 4.92. The maximum atomic E-state index is 14.0. The molecule has 8 heteroatoms. The van der Waals surface area contributed by atoms with Crippen molar-refractivity contribution < 1.29 is 14.2 Å². The van der Waals surface area contributed by atoms with Crippen LogP contribution in [-0.4, -0.2) is 30.3 Å². The molecule has 40 heavy (non-hydrogen) atoms. The highest BCUT2D eigenvalue weighted by Crippen LogP contribution is 2.36. The van der Waals surface area contributed by atoms with E-state index in [0.29, 0.717) is 17.9 Å². The first-order chi connectivity index (χ1) is 19.6. The number of fused-ring (bicyclic) bond motifs is 2. The summed E-state index contributed by atoms with van der Waals surface area (Å²) >= 11 is 0. The number of hydrogen-bond donors (Lipinski definition) is 3. The fraction of sp³-hybridized carbons (Fsp3) is 0.0312. The number of H-pyrrole nitrogens is 2. The van der Waals surface area contributed by atoms with Gasteiger partial charge >= 0.3 is 0 Å². The van der Waals surface area contributed by atoms with Gasteiger partial charge in [0.15, 0.2) is 0 Å². The van der Waals surface area contributed by atoms with Crippen LogP contribution in [0.1, 0.15) is 5.56 Å². The Morgan fingerprint density at radius 1 is 0.800 bits per heavy atom. The van der Waals surface area contributed by atoms with Crippen molar-refractivity contribution in [2.24, 2.45) is 0 Å². The van der Waals surface area contributed by atoms with Crippen LogP contribution in [0.5, 0.6) is 11.5 Å². The van der Waals surface area contributed by atoms with Crippen molar-refractivity contribution in [3.05, 3.63) is 115 Å². The minimum absolute atomic E-state index is 0.120. The zero-order chi connectivity index (χ0) is 27.1. The first-order valence-electron chi connectivity index (χ1n) is 12.7. The Morgan fingerprint density at radius 2 is 1.70 bits per heavy atom. The molecule has 0 saturated heterocycles. The van der Waals surface area contributed by atoms with Gasteiger partial charge < -0.3 is 14.8 Å². The zero-order valence-corrected chi connectivity index (χ0v) is 21.1. The summed E-state index contributed by atoms with van der Waals surface area (Å²) in [5, 5.41) is 19.4. The normalized spacial score (nSPS) is 11.3. The highest BCUT2D eigenvalue weighted by molar-refractivity contribution is 6.01. The van der Waals surface area contributed by atoms with Crippen LogP contribution in [-0.2, 0) is 6.61 Å². The summed E-state index contributed by atoms with van der Waals surface area (Å²) in [6.45, 7) is 0.446. The molecule has 0 aliphatic heterocycles. The van der Waals surface area contributed by atoms with E-state index >= 15 is 0 Å². The van der Waals surface area contributed by atoms with E-state index in [1.165, 1.54) is 6.07 Å². The Labute approximate surface area is 228 Å². The van der Waals surface area contributed by atoms with Crippen molar-refractivity contribution in [3.8, 4) is 45.3 Å². The minimum Gasteiger partial charge on any atom is -0.508 e. The van der Waals surface area contributed by atoms with Crippen molar-refractivity contribution in [3.63, 3.8) is 0 Å². The molecule has 7 nitrogen and oxygen atoms in total. The second-order valence-corrected chi connectivity index (χ2v) is 9.52. The molecule has 0 saturated carbocycles. The monoisotopic (exact) mass is 527 g/mol. The second kappa shape index (κ2) is 9.67. The van der Waals surface area contributed by atoms with Gasteiger partial charge in [0, 0.05) is 34.1 Å². The molecule has 0 unspecified atom stereocenters. The van der Waals surface area contributed by atoms with E-state index in [1.54, 1.807) is 24.7 Å². The lowest BCUT2D eigenvalue weighted by atomic mass is 10.0. The van der Waals surface area contributed by atoms with Gasteiger partial charge in [-0.25, -0.2) is 4.39 Å². The number of ether oxygens (including phenoxy) is 1. The number of phenolic OH excluding ortho intramolecular Hbond substituents is 1. The van der Waals surface area contributed by atoms with Gasteiger partial charge in [-0.1, -0.05) is 42.5 Å². The summed E-state index contributed by atoms with van der Waals surface area (Å²) in [7, 11) is 0. The van der Waals surface area contributed by atoms with Gasteiger partial charge in [0.1, 0.15) is 29.6 Å². The summed E-state index contributed by atoms with van der Waals surface area (Å²) in [5.41, 5.74) is 7.21. The van der Waals surface area contributed by atoms with Crippen LogP contribution in [0.25, 0.3) is 55.6 Å². The lowest BCUT2D eigenvalue weighted by molar-refractivity contribution is 0.305. The predicted molar refractivity (Wildman–Crippen MR) is 152 cm³/mol. The summed E-state index contributed by atoms with van der Waals surface area (Å²) in [4.78, 5) is 12.4. The number of rotatable bonds is 6. The average Bonchev–Trinajstić information content (AvgIpc) is 3.60. The highest BCUT2D eigenvalue weighted by Gasteiger charge is 2.16. The van der Waals surface area contributed by atoms with Gasteiger partial charge in [0.2, 0.25) is 0 Å². The van der Waals surface area contributed by atoms with Gasteiger partial charge in [-0.3, -0.25) is 15.1 Å². The third kappa shape index (κ3) is 4.41. The van der Waals surface area contributed by atoms with Gasteiger partial charge in [-0.15, -0.1) is 0 Å². The molecule has 3 N–H and O–H groups in total. The van der Waals surface area contributed by atoms with E-state index in [2.05, 4.69) is 25.1 Å². The van der Waals surface area contributed by atoms with Crippen molar-refractivity contribution >= 4 is 21.8 Å². The van der Waals surface area contributed by atoms with Gasteiger partial charge in [-0.2, -0.15) is 5.10 Å². The largest absolute Gasteiger partial charge is 0.508 e. The molecule has 7 rings (SSSR count). The smallest absolute Gasteiger partial charge is 0.138 e. The lowest BCUT2D eigenvalue weighted by Gasteiger charge is -2.08. The molecule has 0 fully saturated rings. The number of aromatic amines is 2. The third-order valence-electron chi connectivity index (χ3n) is 6.82. The Balaban J connectivity index is 1.25. The molecule has 3 aromatic carbocycles. The van der Waals surface area contributed by atoms with Crippen molar-refractivity contribution in [2.45, 2.75) is 6.61 Å². The molecule has 7 aromatic rings. The molecule has 4 heterocycles. The third-order valence-corrected chi connectivity index (χ3v) is 6.82. The first-order valence-corrected chi connectivity index (χ1v) is 12.7. The number of halogens is 1. The molecular weight excluding hydrogens is 505 g/mol. The van der Waals surface area contributed by atoms with E-state index in [9.17, 15) is 9.50 Å². The summed E-state index contributed by atoms with van der Waals surface area (Å²) in [6.07, 6.45) is 5.20. The number of nitrogens with zero attached hydrogens (tertiary/aromatic N) is 3. The van der Waals surface area contributed by atoms with Crippen LogP contribution < -0.4 is 4.74 Å². The topological polar surface area (TPSA) is 99.7 Å². The maximum Gasteiger partial charge on any atom is 0.138 e. The van der Waals surface area contributed by atoms with Crippen LogP contribution in [0.2, 0.25) is 0 Å². The van der Waals surface area contributed by atoms with Crippen LogP contribution in [0.3, 0.4) is 0 Å². The first kappa shape index (κ1) is 23.6. The molecule has 0 amide bonds. The standard InChI is InChI=1S/C32H22FN5O2/c33-22-9-20(10-23(39)12-22)25-7-4-8-28-26(25)13-30(36-28)32-27-14-29(35-17-31(27)37-38-32)21-11-24(16-34-15-21)40-18-19-5-2-1-3-6-19/h1-17,36,39H,18H2,(H,37,38). The quantitative estimate of drug-likeness (QED) is 0.211. The predicted octanol–water partition coefficient (Wildman–Crippen LogP) is 7.26. The van der Waals surface area contributed by atoms with E-state index in [0.717, 1.165) is 61.6 Å². The van der Waals surface area contributed by atoms with Crippen molar-refractivity contribution in [1.29, 1.82) is 0 Å². The van der Waals surface area contributed by atoms with Crippen molar-refractivity contribution in [2.75, 3.05) is 0 Å². The Morgan fingerprint density at radius 3 is 2.58 bits per heavy atom. The molecular formula is C32H22FN5O2. The Bertz CT molecular complexity index is 1980. The molecule has 0 aliphatic carbocycles. The summed E-state index contributed by atoms with van der Waals surface area (Å²) in [5.74, 6) is 0.0393. The Hall–Kier alpha value is -5.50. The van der Waals surface area contributed by atoms with E-state index in [1.807, 2.05) is 66.7 Å². The fourth-order valence-corrected chi connectivity index (χ4v) is 4.92. The molecule has 194 valence electrons. The Kier molecular flexibility index (Phi) is 5.70. The maximum absolute atomic E-state index is 14.0. The molecule has 0 aliphatic rings. The number of nitrogens with one attached hydrogen (secondary N) is 2. The number of aromatic hydroxyl groups is 1. The lowest BCUT2D eigenvalue weighted by Crippen LogP contribution is -1.96. The molecule has 0 bridgehead atoms. The summed E-state index contributed by atoms with van der Waals surface area (Å²) in [6, 6.07) is 25.7. The highest BCUT2D eigenvalue weighted by atomic mass is 19.1. The van der Waals surface area contributed by atoms with E-state index < -0.39 is 5.82 Å².